The van der Waals surface area contributed by atoms with Gasteiger partial charge in [0.15, 0.2) is 0 Å². The Morgan fingerprint density at radius 1 is 1.50 bits per heavy atom. The van der Waals surface area contributed by atoms with Gasteiger partial charge in [-0.05, 0) is 31.1 Å². The zero-order chi connectivity index (χ0) is 12.0. The number of aliphatic hydroxyl groups is 1. The van der Waals surface area contributed by atoms with Gasteiger partial charge in [-0.3, -0.25) is 0 Å². The molecule has 2 unspecified atom stereocenters. The molecule has 96 valence electrons. The summed E-state index contributed by atoms with van der Waals surface area (Å²) >= 11 is 0. The number of nitrogens with one attached hydrogen (secondary N) is 1. The van der Waals surface area contributed by atoms with E-state index >= 15 is 0 Å². The van der Waals surface area contributed by atoms with Gasteiger partial charge in [0.25, 0.3) is 0 Å². The van der Waals surface area contributed by atoms with Gasteiger partial charge in [-0.25, -0.2) is 0 Å². The van der Waals surface area contributed by atoms with E-state index in [-0.39, 0.29) is 0 Å². The smallest absolute Gasteiger partial charge is 0.0774 e. The molecule has 1 saturated carbocycles. The molecular weight excluding hydrogens is 202 g/mol. The average Bonchev–Trinajstić information content (AvgIpc) is 2.24. The molecule has 0 aliphatic heterocycles. The average molecular weight is 229 g/mol. The standard InChI is InChI=1S/C13H27NO2/c1-11(2)12-5-4-6-13(15,9-12)10-14-7-8-16-3/h11-12,14-15H,4-10H2,1-3H3. The summed E-state index contributed by atoms with van der Waals surface area (Å²) in [5, 5.41) is 13.8. The molecule has 1 fully saturated rings. The highest BCUT2D eigenvalue weighted by atomic mass is 16.5. The van der Waals surface area contributed by atoms with Crippen LogP contribution in [0, 0.1) is 11.8 Å². The maximum absolute atomic E-state index is 10.5. The van der Waals surface area contributed by atoms with E-state index in [9.17, 15) is 5.11 Å². The van der Waals surface area contributed by atoms with Crippen LogP contribution in [-0.2, 0) is 4.74 Å². The van der Waals surface area contributed by atoms with E-state index in [2.05, 4.69) is 19.2 Å². The third kappa shape index (κ3) is 4.40. The van der Waals surface area contributed by atoms with Gasteiger partial charge in [-0.2, -0.15) is 0 Å². The highest BCUT2D eigenvalue weighted by Crippen LogP contribution is 2.35. The number of hydrogen-bond donors (Lipinski definition) is 2. The molecule has 0 bridgehead atoms. The third-order valence-electron chi connectivity index (χ3n) is 3.74. The number of hydrogen-bond acceptors (Lipinski definition) is 3. The molecule has 0 aromatic carbocycles. The Kier molecular flexibility index (Phi) is 5.73. The predicted molar refractivity (Wildman–Crippen MR) is 66.5 cm³/mol. The molecule has 2 atom stereocenters. The van der Waals surface area contributed by atoms with Crippen molar-refractivity contribution < 1.29 is 9.84 Å². The van der Waals surface area contributed by atoms with Gasteiger partial charge in [0.2, 0.25) is 0 Å². The second-order valence-corrected chi connectivity index (χ2v) is 5.49. The van der Waals surface area contributed by atoms with Gasteiger partial charge < -0.3 is 15.2 Å². The molecule has 0 spiro atoms. The molecule has 3 nitrogen and oxygen atoms in total. The summed E-state index contributed by atoms with van der Waals surface area (Å²) in [6, 6.07) is 0. The number of rotatable bonds is 6. The Morgan fingerprint density at radius 2 is 2.25 bits per heavy atom. The fourth-order valence-corrected chi connectivity index (χ4v) is 2.61. The fraction of sp³-hybridized carbons (Fsp3) is 1.00. The van der Waals surface area contributed by atoms with Crippen LogP contribution < -0.4 is 5.32 Å². The third-order valence-corrected chi connectivity index (χ3v) is 3.74. The Morgan fingerprint density at radius 3 is 2.88 bits per heavy atom. The van der Waals surface area contributed by atoms with Crippen LogP contribution in [0.15, 0.2) is 0 Å². The van der Waals surface area contributed by atoms with Crippen molar-refractivity contribution in [1.82, 2.24) is 5.32 Å². The van der Waals surface area contributed by atoms with Gasteiger partial charge in [-0.15, -0.1) is 0 Å². The molecular formula is C13H27NO2. The molecule has 1 aliphatic carbocycles. The van der Waals surface area contributed by atoms with Crippen LogP contribution in [0.4, 0.5) is 0 Å². The Hall–Kier alpha value is -0.120. The van der Waals surface area contributed by atoms with Crippen molar-refractivity contribution in [2.45, 2.75) is 45.1 Å². The molecule has 16 heavy (non-hydrogen) atoms. The van der Waals surface area contributed by atoms with Crippen molar-refractivity contribution in [2.75, 3.05) is 26.8 Å². The second kappa shape index (κ2) is 6.58. The molecule has 0 saturated heterocycles. The first-order valence-electron chi connectivity index (χ1n) is 6.49. The Bertz CT molecular complexity index is 196. The normalized spacial score (nSPS) is 30.9. The Balaban J connectivity index is 2.31. The summed E-state index contributed by atoms with van der Waals surface area (Å²) < 4.78 is 4.98. The van der Waals surface area contributed by atoms with E-state index in [0.29, 0.717) is 25.0 Å². The van der Waals surface area contributed by atoms with Crippen molar-refractivity contribution in [2.24, 2.45) is 11.8 Å². The maximum atomic E-state index is 10.5. The molecule has 1 rings (SSSR count). The van der Waals surface area contributed by atoms with Crippen LogP contribution in [0.25, 0.3) is 0 Å². The van der Waals surface area contributed by atoms with Crippen molar-refractivity contribution >= 4 is 0 Å². The quantitative estimate of drug-likeness (QED) is 0.682. The lowest BCUT2D eigenvalue weighted by Crippen LogP contribution is -2.45. The van der Waals surface area contributed by atoms with E-state index in [1.807, 2.05) is 0 Å². The molecule has 0 radical (unpaired) electrons. The van der Waals surface area contributed by atoms with E-state index < -0.39 is 5.60 Å². The zero-order valence-corrected chi connectivity index (χ0v) is 11.0. The van der Waals surface area contributed by atoms with Gasteiger partial charge in [0, 0.05) is 20.2 Å². The largest absolute Gasteiger partial charge is 0.389 e. The molecule has 3 heteroatoms. The molecule has 1 aliphatic rings. The SMILES string of the molecule is COCCNCC1(O)CCCC(C(C)C)C1. The first-order valence-corrected chi connectivity index (χ1v) is 6.49. The highest BCUT2D eigenvalue weighted by molar-refractivity contribution is 4.89. The summed E-state index contributed by atoms with van der Waals surface area (Å²) in [5.41, 5.74) is -0.485. The molecule has 0 heterocycles. The monoisotopic (exact) mass is 229 g/mol. The summed E-state index contributed by atoms with van der Waals surface area (Å²) in [7, 11) is 1.70. The summed E-state index contributed by atoms with van der Waals surface area (Å²) in [6.07, 6.45) is 4.32. The predicted octanol–water partition coefficient (Wildman–Crippen LogP) is 1.80. The molecule has 0 aromatic rings. The van der Waals surface area contributed by atoms with Crippen molar-refractivity contribution in [3.63, 3.8) is 0 Å². The lowest BCUT2D eigenvalue weighted by atomic mass is 9.73. The van der Waals surface area contributed by atoms with Gasteiger partial charge in [0.05, 0.1) is 12.2 Å². The van der Waals surface area contributed by atoms with E-state index in [0.717, 1.165) is 25.8 Å². The van der Waals surface area contributed by atoms with E-state index in [4.69, 9.17) is 4.74 Å². The minimum absolute atomic E-state index is 0.485. The summed E-state index contributed by atoms with van der Waals surface area (Å²) in [4.78, 5) is 0. The fourth-order valence-electron chi connectivity index (χ4n) is 2.61. The lowest BCUT2D eigenvalue weighted by Gasteiger charge is -2.38. The number of methoxy groups -OCH3 is 1. The summed E-state index contributed by atoms with van der Waals surface area (Å²) in [6.45, 7) is 6.76. The van der Waals surface area contributed by atoms with Gasteiger partial charge >= 0.3 is 0 Å². The molecule has 2 N–H and O–H groups in total. The van der Waals surface area contributed by atoms with E-state index in [1.165, 1.54) is 6.42 Å². The maximum Gasteiger partial charge on any atom is 0.0774 e. The van der Waals surface area contributed by atoms with E-state index in [1.54, 1.807) is 7.11 Å². The first kappa shape index (κ1) is 13.9. The first-order chi connectivity index (χ1) is 7.57. The molecule has 0 aromatic heterocycles. The van der Waals surface area contributed by atoms with Crippen molar-refractivity contribution in [1.29, 1.82) is 0 Å². The van der Waals surface area contributed by atoms with Gasteiger partial charge in [0.1, 0.15) is 0 Å². The van der Waals surface area contributed by atoms with Crippen LogP contribution in [0.1, 0.15) is 39.5 Å². The second-order valence-electron chi connectivity index (χ2n) is 5.49. The Labute approximate surface area is 99.6 Å². The molecule has 0 amide bonds. The van der Waals surface area contributed by atoms with Crippen molar-refractivity contribution in [3.8, 4) is 0 Å². The topological polar surface area (TPSA) is 41.5 Å². The minimum atomic E-state index is -0.485. The zero-order valence-electron chi connectivity index (χ0n) is 11.0. The van der Waals surface area contributed by atoms with Crippen LogP contribution in [0.5, 0.6) is 0 Å². The van der Waals surface area contributed by atoms with Crippen LogP contribution in [0.3, 0.4) is 0 Å². The van der Waals surface area contributed by atoms with Crippen LogP contribution in [-0.4, -0.2) is 37.5 Å². The highest BCUT2D eigenvalue weighted by Gasteiger charge is 2.34. The number of ether oxygens (including phenoxy) is 1. The van der Waals surface area contributed by atoms with Crippen molar-refractivity contribution in [3.05, 3.63) is 0 Å². The van der Waals surface area contributed by atoms with Crippen LogP contribution >= 0.6 is 0 Å². The minimum Gasteiger partial charge on any atom is -0.389 e. The van der Waals surface area contributed by atoms with Crippen LogP contribution in [0.2, 0.25) is 0 Å². The lowest BCUT2D eigenvalue weighted by molar-refractivity contribution is -0.0237. The summed E-state index contributed by atoms with van der Waals surface area (Å²) in [5.74, 6) is 1.37. The van der Waals surface area contributed by atoms with Gasteiger partial charge in [-0.1, -0.05) is 20.3 Å².